The van der Waals surface area contributed by atoms with Gasteiger partial charge in [0.2, 0.25) is 0 Å². The SMILES string of the molecule is COc1ccc(-c2csc(NC(=O)c3ccc(COC(=O)N4CCOCC4)cc3)n2)cc1. The topological polar surface area (TPSA) is 90.0 Å². The van der Waals surface area contributed by atoms with Crippen molar-refractivity contribution in [3.63, 3.8) is 0 Å². The number of anilines is 1. The summed E-state index contributed by atoms with van der Waals surface area (Å²) >= 11 is 1.36. The molecular weight excluding hydrogens is 430 g/mol. The van der Waals surface area contributed by atoms with E-state index in [9.17, 15) is 9.59 Å². The molecule has 166 valence electrons. The number of ether oxygens (including phenoxy) is 3. The lowest BCUT2D eigenvalue weighted by atomic mass is 10.1. The normalized spacial score (nSPS) is 13.5. The molecular formula is C23H23N3O5S. The third-order valence-electron chi connectivity index (χ3n) is 4.96. The van der Waals surface area contributed by atoms with Gasteiger partial charge in [-0.05, 0) is 42.0 Å². The summed E-state index contributed by atoms with van der Waals surface area (Å²) in [7, 11) is 1.62. The number of carbonyl (C=O) groups is 2. The summed E-state index contributed by atoms with van der Waals surface area (Å²) in [6.45, 7) is 2.28. The van der Waals surface area contributed by atoms with Gasteiger partial charge in [-0.25, -0.2) is 9.78 Å². The maximum atomic E-state index is 12.6. The number of nitrogens with one attached hydrogen (secondary N) is 1. The largest absolute Gasteiger partial charge is 0.497 e. The molecule has 1 aliphatic rings. The molecule has 3 aromatic rings. The second kappa shape index (κ2) is 10.3. The van der Waals surface area contributed by atoms with Crippen LogP contribution < -0.4 is 10.1 Å². The minimum Gasteiger partial charge on any atom is -0.497 e. The average molecular weight is 454 g/mol. The predicted octanol–water partition coefficient (Wildman–Crippen LogP) is 4.04. The first-order valence-electron chi connectivity index (χ1n) is 10.1. The molecule has 1 aliphatic heterocycles. The van der Waals surface area contributed by atoms with Crippen LogP contribution in [0.2, 0.25) is 0 Å². The molecule has 0 radical (unpaired) electrons. The van der Waals surface area contributed by atoms with Gasteiger partial charge in [0.05, 0.1) is 26.0 Å². The molecule has 0 bridgehead atoms. The van der Waals surface area contributed by atoms with Gasteiger partial charge in [0, 0.05) is 29.6 Å². The highest BCUT2D eigenvalue weighted by atomic mass is 32.1. The predicted molar refractivity (Wildman–Crippen MR) is 121 cm³/mol. The minimum absolute atomic E-state index is 0.149. The number of aromatic nitrogens is 1. The van der Waals surface area contributed by atoms with E-state index in [0.717, 1.165) is 22.6 Å². The third-order valence-corrected chi connectivity index (χ3v) is 5.72. The zero-order valence-corrected chi connectivity index (χ0v) is 18.4. The van der Waals surface area contributed by atoms with Gasteiger partial charge in [-0.1, -0.05) is 12.1 Å². The monoisotopic (exact) mass is 453 g/mol. The van der Waals surface area contributed by atoms with Gasteiger partial charge in [0.25, 0.3) is 5.91 Å². The molecule has 1 aromatic heterocycles. The molecule has 2 heterocycles. The van der Waals surface area contributed by atoms with E-state index in [4.69, 9.17) is 14.2 Å². The molecule has 4 rings (SSSR count). The fourth-order valence-corrected chi connectivity index (χ4v) is 3.84. The van der Waals surface area contributed by atoms with Crippen molar-refractivity contribution in [3.05, 3.63) is 65.0 Å². The maximum absolute atomic E-state index is 12.6. The number of rotatable bonds is 6. The first-order chi connectivity index (χ1) is 15.6. The second-order valence-electron chi connectivity index (χ2n) is 7.07. The number of amides is 2. The Morgan fingerprint density at radius 3 is 2.50 bits per heavy atom. The summed E-state index contributed by atoms with van der Waals surface area (Å²) in [5, 5.41) is 5.23. The highest BCUT2D eigenvalue weighted by Crippen LogP contribution is 2.26. The average Bonchev–Trinajstić information content (AvgIpc) is 3.32. The van der Waals surface area contributed by atoms with Crippen molar-refractivity contribution >= 4 is 28.5 Å². The number of morpholine rings is 1. The molecule has 9 heteroatoms. The van der Waals surface area contributed by atoms with Crippen molar-refractivity contribution in [3.8, 4) is 17.0 Å². The van der Waals surface area contributed by atoms with Crippen molar-refractivity contribution in [2.45, 2.75) is 6.61 Å². The summed E-state index contributed by atoms with van der Waals surface area (Å²) < 4.78 is 15.7. The van der Waals surface area contributed by atoms with E-state index in [-0.39, 0.29) is 18.6 Å². The Kier molecular flexibility index (Phi) is 6.98. The van der Waals surface area contributed by atoms with Crippen molar-refractivity contribution in [1.29, 1.82) is 0 Å². The summed E-state index contributed by atoms with van der Waals surface area (Å²) in [6, 6.07) is 14.5. The van der Waals surface area contributed by atoms with E-state index in [2.05, 4.69) is 10.3 Å². The molecule has 0 aliphatic carbocycles. The van der Waals surface area contributed by atoms with E-state index < -0.39 is 0 Å². The van der Waals surface area contributed by atoms with Gasteiger partial charge in [-0.3, -0.25) is 10.1 Å². The summed E-state index contributed by atoms with van der Waals surface area (Å²) in [5.41, 5.74) is 3.03. The molecule has 2 aromatic carbocycles. The van der Waals surface area contributed by atoms with Crippen LogP contribution in [-0.2, 0) is 16.1 Å². The Hall–Kier alpha value is -3.43. The fourth-order valence-electron chi connectivity index (χ4n) is 3.13. The molecule has 8 nitrogen and oxygen atoms in total. The van der Waals surface area contributed by atoms with Crippen LogP contribution in [0.15, 0.2) is 53.9 Å². The van der Waals surface area contributed by atoms with Crippen LogP contribution in [0.25, 0.3) is 11.3 Å². The van der Waals surface area contributed by atoms with Gasteiger partial charge in [0.15, 0.2) is 5.13 Å². The van der Waals surface area contributed by atoms with Crippen molar-refractivity contribution in [2.24, 2.45) is 0 Å². The Balaban J connectivity index is 1.31. The molecule has 1 N–H and O–H groups in total. The van der Waals surface area contributed by atoms with E-state index in [1.54, 1.807) is 36.3 Å². The van der Waals surface area contributed by atoms with E-state index >= 15 is 0 Å². The van der Waals surface area contributed by atoms with Gasteiger partial charge < -0.3 is 19.1 Å². The lowest BCUT2D eigenvalue weighted by Crippen LogP contribution is -2.40. The third kappa shape index (κ3) is 5.43. The summed E-state index contributed by atoms with van der Waals surface area (Å²) in [5.74, 6) is 0.523. The minimum atomic E-state index is -0.355. The Labute approximate surface area is 189 Å². The molecule has 0 saturated carbocycles. The van der Waals surface area contributed by atoms with Gasteiger partial charge in [-0.2, -0.15) is 0 Å². The van der Waals surface area contributed by atoms with Crippen LogP contribution in [0, 0.1) is 0 Å². The van der Waals surface area contributed by atoms with Gasteiger partial charge in [0.1, 0.15) is 12.4 Å². The van der Waals surface area contributed by atoms with Crippen LogP contribution in [0.3, 0.4) is 0 Å². The molecule has 2 amide bonds. The Morgan fingerprint density at radius 1 is 1.09 bits per heavy atom. The summed E-state index contributed by atoms with van der Waals surface area (Å²) in [4.78, 5) is 30.7. The van der Waals surface area contributed by atoms with Crippen LogP contribution in [0.5, 0.6) is 5.75 Å². The Morgan fingerprint density at radius 2 is 1.81 bits per heavy atom. The lowest BCUT2D eigenvalue weighted by molar-refractivity contribution is 0.0249. The van der Waals surface area contributed by atoms with Crippen molar-refractivity contribution < 1.29 is 23.8 Å². The molecule has 32 heavy (non-hydrogen) atoms. The number of hydrogen-bond acceptors (Lipinski definition) is 7. The fraction of sp³-hybridized carbons (Fsp3) is 0.261. The van der Waals surface area contributed by atoms with E-state index in [0.29, 0.717) is 37.0 Å². The highest BCUT2D eigenvalue weighted by molar-refractivity contribution is 7.14. The zero-order valence-electron chi connectivity index (χ0n) is 17.6. The quantitative estimate of drug-likeness (QED) is 0.606. The molecule has 0 spiro atoms. The number of nitrogens with zero attached hydrogens (tertiary/aromatic N) is 2. The number of benzene rings is 2. The maximum Gasteiger partial charge on any atom is 0.410 e. The Bertz CT molecular complexity index is 1060. The molecule has 1 fully saturated rings. The lowest BCUT2D eigenvalue weighted by Gasteiger charge is -2.25. The smallest absolute Gasteiger partial charge is 0.410 e. The van der Waals surface area contributed by atoms with Crippen molar-refractivity contribution in [1.82, 2.24) is 9.88 Å². The van der Waals surface area contributed by atoms with Crippen LogP contribution in [0.4, 0.5) is 9.93 Å². The van der Waals surface area contributed by atoms with Gasteiger partial charge >= 0.3 is 6.09 Å². The highest BCUT2D eigenvalue weighted by Gasteiger charge is 2.18. The van der Waals surface area contributed by atoms with Crippen LogP contribution in [0.1, 0.15) is 15.9 Å². The number of carbonyl (C=O) groups excluding carboxylic acids is 2. The number of hydrogen-bond donors (Lipinski definition) is 1. The standard InChI is InChI=1S/C23H23N3O5S/c1-29-19-8-6-17(7-9-19)20-15-32-22(24-20)25-21(27)18-4-2-16(3-5-18)14-31-23(28)26-10-12-30-13-11-26/h2-9,15H,10-14H2,1H3,(H,24,25,27). The van der Waals surface area contributed by atoms with Crippen molar-refractivity contribution in [2.75, 3.05) is 38.7 Å². The van der Waals surface area contributed by atoms with Gasteiger partial charge in [-0.15, -0.1) is 11.3 Å². The summed E-state index contributed by atoms with van der Waals surface area (Å²) in [6.07, 6.45) is -0.355. The first kappa shape index (κ1) is 21.8. The first-order valence-corrected chi connectivity index (χ1v) is 11.0. The van der Waals surface area contributed by atoms with E-state index in [1.165, 1.54) is 11.3 Å². The zero-order chi connectivity index (χ0) is 22.3. The van der Waals surface area contributed by atoms with Crippen LogP contribution >= 0.6 is 11.3 Å². The molecule has 0 atom stereocenters. The van der Waals surface area contributed by atoms with E-state index in [1.807, 2.05) is 29.6 Å². The number of methoxy groups -OCH3 is 1. The molecule has 0 unspecified atom stereocenters. The molecule has 1 saturated heterocycles. The number of thiazole rings is 1. The van der Waals surface area contributed by atoms with Crippen LogP contribution in [-0.4, -0.2) is 55.3 Å². The second-order valence-corrected chi connectivity index (χ2v) is 7.93.